The Kier molecular flexibility index (Phi) is 4.18. The SMILES string of the molecule is Cc1cccc(CN)c1Sc1ccccc1C=O. The van der Waals surface area contributed by atoms with Gasteiger partial charge in [0.1, 0.15) is 0 Å². The van der Waals surface area contributed by atoms with Crippen molar-refractivity contribution in [3.8, 4) is 0 Å². The van der Waals surface area contributed by atoms with E-state index in [0.717, 1.165) is 21.6 Å². The first kappa shape index (κ1) is 12.9. The molecule has 0 radical (unpaired) electrons. The van der Waals surface area contributed by atoms with Crippen LogP contribution >= 0.6 is 11.8 Å². The molecule has 0 aliphatic rings. The number of hydrogen-bond acceptors (Lipinski definition) is 3. The number of hydrogen-bond donors (Lipinski definition) is 1. The Bertz CT molecular complexity index is 566. The molecular formula is C15H15NOS. The minimum atomic E-state index is 0.507. The van der Waals surface area contributed by atoms with E-state index in [9.17, 15) is 4.79 Å². The quantitative estimate of drug-likeness (QED) is 0.853. The van der Waals surface area contributed by atoms with E-state index in [4.69, 9.17) is 5.73 Å². The first-order valence-electron chi connectivity index (χ1n) is 5.77. The van der Waals surface area contributed by atoms with E-state index in [1.807, 2.05) is 36.4 Å². The smallest absolute Gasteiger partial charge is 0.151 e. The Balaban J connectivity index is 2.42. The standard InChI is InChI=1S/C15H15NOS/c1-11-5-4-7-12(9-16)15(11)18-14-8-3-2-6-13(14)10-17/h2-8,10H,9,16H2,1H3. The first-order chi connectivity index (χ1) is 8.76. The van der Waals surface area contributed by atoms with Crippen LogP contribution in [-0.2, 0) is 6.54 Å². The van der Waals surface area contributed by atoms with Crippen molar-refractivity contribution in [2.24, 2.45) is 5.73 Å². The van der Waals surface area contributed by atoms with Gasteiger partial charge in [-0.3, -0.25) is 4.79 Å². The molecule has 0 saturated heterocycles. The summed E-state index contributed by atoms with van der Waals surface area (Å²) in [4.78, 5) is 13.1. The second kappa shape index (κ2) is 5.85. The maximum atomic E-state index is 11.0. The van der Waals surface area contributed by atoms with E-state index in [2.05, 4.69) is 13.0 Å². The van der Waals surface area contributed by atoms with E-state index < -0.39 is 0 Å². The van der Waals surface area contributed by atoms with Gasteiger partial charge in [-0.2, -0.15) is 0 Å². The lowest BCUT2D eigenvalue weighted by atomic mass is 10.1. The first-order valence-corrected chi connectivity index (χ1v) is 6.58. The van der Waals surface area contributed by atoms with Crippen molar-refractivity contribution in [3.63, 3.8) is 0 Å². The van der Waals surface area contributed by atoms with Gasteiger partial charge in [0.05, 0.1) is 0 Å². The molecule has 0 saturated carbocycles. The summed E-state index contributed by atoms with van der Waals surface area (Å²) in [7, 11) is 0. The highest BCUT2D eigenvalue weighted by atomic mass is 32.2. The van der Waals surface area contributed by atoms with E-state index in [0.29, 0.717) is 12.1 Å². The summed E-state index contributed by atoms with van der Waals surface area (Å²) >= 11 is 1.61. The van der Waals surface area contributed by atoms with E-state index in [1.165, 1.54) is 5.56 Å². The van der Waals surface area contributed by atoms with Crippen molar-refractivity contribution < 1.29 is 4.79 Å². The van der Waals surface area contributed by atoms with Gasteiger partial charge in [0.25, 0.3) is 0 Å². The summed E-state index contributed by atoms with van der Waals surface area (Å²) in [5.74, 6) is 0. The molecule has 0 spiro atoms. The van der Waals surface area contributed by atoms with Crippen LogP contribution in [0.1, 0.15) is 21.5 Å². The molecule has 0 bridgehead atoms. The molecule has 0 aliphatic heterocycles. The molecule has 0 amide bonds. The van der Waals surface area contributed by atoms with Gasteiger partial charge in [-0.05, 0) is 24.1 Å². The maximum Gasteiger partial charge on any atom is 0.151 e. The molecule has 0 heterocycles. The Hall–Kier alpha value is -1.58. The number of nitrogens with two attached hydrogens (primary N) is 1. The molecule has 0 aromatic heterocycles. The Labute approximate surface area is 111 Å². The minimum Gasteiger partial charge on any atom is -0.326 e. The third-order valence-corrected chi connectivity index (χ3v) is 4.15. The lowest BCUT2D eigenvalue weighted by Gasteiger charge is -2.11. The number of rotatable bonds is 4. The van der Waals surface area contributed by atoms with Gasteiger partial charge < -0.3 is 5.73 Å². The van der Waals surface area contributed by atoms with Crippen molar-refractivity contribution in [1.82, 2.24) is 0 Å². The van der Waals surface area contributed by atoms with Crippen LogP contribution in [0.3, 0.4) is 0 Å². The molecule has 0 aliphatic carbocycles. The molecule has 3 heteroatoms. The molecule has 2 rings (SSSR count). The van der Waals surface area contributed by atoms with Gasteiger partial charge in [0, 0.05) is 21.9 Å². The topological polar surface area (TPSA) is 43.1 Å². The summed E-state index contributed by atoms with van der Waals surface area (Å²) in [6.45, 7) is 2.57. The fraction of sp³-hybridized carbons (Fsp3) is 0.133. The van der Waals surface area contributed by atoms with Crippen LogP contribution in [-0.4, -0.2) is 6.29 Å². The zero-order valence-corrected chi connectivity index (χ0v) is 11.0. The highest BCUT2D eigenvalue weighted by Gasteiger charge is 2.08. The second-order valence-electron chi connectivity index (χ2n) is 4.03. The fourth-order valence-electron chi connectivity index (χ4n) is 1.80. The van der Waals surface area contributed by atoms with E-state index in [1.54, 1.807) is 11.8 Å². The fourth-order valence-corrected chi connectivity index (χ4v) is 2.91. The van der Waals surface area contributed by atoms with Gasteiger partial charge >= 0.3 is 0 Å². The summed E-state index contributed by atoms with van der Waals surface area (Å²) in [6.07, 6.45) is 0.892. The molecule has 92 valence electrons. The number of aldehydes is 1. The van der Waals surface area contributed by atoms with Crippen LogP contribution in [0.4, 0.5) is 0 Å². The predicted octanol–water partition coefficient (Wildman–Crippen LogP) is 3.42. The minimum absolute atomic E-state index is 0.507. The molecule has 0 unspecified atom stereocenters. The zero-order chi connectivity index (χ0) is 13.0. The van der Waals surface area contributed by atoms with Crippen molar-refractivity contribution in [2.45, 2.75) is 23.3 Å². The van der Waals surface area contributed by atoms with Gasteiger partial charge in [0.2, 0.25) is 0 Å². The molecule has 18 heavy (non-hydrogen) atoms. The maximum absolute atomic E-state index is 11.0. The average Bonchev–Trinajstić information content (AvgIpc) is 2.41. The lowest BCUT2D eigenvalue weighted by molar-refractivity contribution is 0.112. The molecule has 2 aromatic rings. The largest absolute Gasteiger partial charge is 0.326 e. The predicted molar refractivity (Wildman–Crippen MR) is 75.0 cm³/mol. The highest BCUT2D eigenvalue weighted by Crippen LogP contribution is 2.34. The van der Waals surface area contributed by atoms with E-state index in [-0.39, 0.29) is 0 Å². The van der Waals surface area contributed by atoms with E-state index >= 15 is 0 Å². The van der Waals surface area contributed by atoms with Crippen molar-refractivity contribution in [2.75, 3.05) is 0 Å². The number of carbonyl (C=O) groups excluding carboxylic acids is 1. The third kappa shape index (κ3) is 2.63. The Morgan fingerprint density at radius 1 is 1.17 bits per heavy atom. The molecule has 2 N–H and O–H groups in total. The molecule has 0 atom stereocenters. The monoisotopic (exact) mass is 257 g/mol. The summed E-state index contributed by atoms with van der Waals surface area (Å²) in [5, 5.41) is 0. The van der Waals surface area contributed by atoms with Gasteiger partial charge in [-0.25, -0.2) is 0 Å². The van der Waals surface area contributed by atoms with Crippen LogP contribution in [0.25, 0.3) is 0 Å². The third-order valence-electron chi connectivity index (χ3n) is 2.77. The normalized spacial score (nSPS) is 10.3. The lowest BCUT2D eigenvalue weighted by Crippen LogP contribution is -1.99. The molecule has 0 fully saturated rings. The average molecular weight is 257 g/mol. The van der Waals surface area contributed by atoms with Gasteiger partial charge in [0.15, 0.2) is 6.29 Å². The second-order valence-corrected chi connectivity index (χ2v) is 5.08. The summed E-state index contributed by atoms with van der Waals surface area (Å²) in [5.41, 5.74) is 8.77. The zero-order valence-electron chi connectivity index (χ0n) is 10.2. The number of carbonyl (C=O) groups is 1. The van der Waals surface area contributed by atoms with Crippen LogP contribution in [0.2, 0.25) is 0 Å². The Morgan fingerprint density at radius 3 is 2.67 bits per heavy atom. The van der Waals surface area contributed by atoms with Crippen molar-refractivity contribution in [1.29, 1.82) is 0 Å². The van der Waals surface area contributed by atoms with Gasteiger partial charge in [-0.1, -0.05) is 48.2 Å². The van der Waals surface area contributed by atoms with Gasteiger partial charge in [-0.15, -0.1) is 0 Å². The molecule has 2 nitrogen and oxygen atoms in total. The van der Waals surface area contributed by atoms with Crippen LogP contribution in [0.15, 0.2) is 52.3 Å². The van der Waals surface area contributed by atoms with Crippen LogP contribution < -0.4 is 5.73 Å². The van der Waals surface area contributed by atoms with Crippen molar-refractivity contribution >= 4 is 18.0 Å². The van der Waals surface area contributed by atoms with Crippen LogP contribution in [0, 0.1) is 6.92 Å². The molecular weight excluding hydrogens is 242 g/mol. The summed E-state index contributed by atoms with van der Waals surface area (Å²) < 4.78 is 0. The Morgan fingerprint density at radius 2 is 1.94 bits per heavy atom. The number of benzene rings is 2. The highest BCUT2D eigenvalue weighted by molar-refractivity contribution is 7.99. The molecule has 2 aromatic carbocycles. The van der Waals surface area contributed by atoms with Crippen molar-refractivity contribution in [3.05, 3.63) is 59.2 Å². The summed E-state index contributed by atoms with van der Waals surface area (Å²) in [6, 6.07) is 13.7. The van der Waals surface area contributed by atoms with Crippen LogP contribution in [0.5, 0.6) is 0 Å². The number of aryl methyl sites for hydroxylation is 1.